The van der Waals surface area contributed by atoms with E-state index in [2.05, 4.69) is 22.5 Å². The fourth-order valence-corrected chi connectivity index (χ4v) is 4.13. The monoisotopic (exact) mass is 352 g/mol. The Morgan fingerprint density at radius 3 is 2.67 bits per heavy atom. The summed E-state index contributed by atoms with van der Waals surface area (Å²) >= 11 is 9.03. The lowest BCUT2D eigenvalue weighted by molar-refractivity contribution is 0.459. The maximum atomic E-state index is 12.4. The molecule has 0 aliphatic carbocycles. The second-order valence-electron chi connectivity index (χ2n) is 3.55. The Morgan fingerprint density at radius 2 is 2.17 bits per heavy atom. The highest BCUT2D eigenvalue weighted by molar-refractivity contribution is 9.10. The zero-order valence-electron chi connectivity index (χ0n) is 9.86. The zero-order chi connectivity index (χ0) is 13.9. The van der Waals surface area contributed by atoms with E-state index >= 15 is 0 Å². The number of likely N-dealkylation sites (N-methyl/N-ethyl adjacent to an activating group) is 1. The molecule has 100 valence electrons. The molecule has 0 unspecified atom stereocenters. The number of hydrogen-bond donors (Lipinski definition) is 1. The van der Waals surface area contributed by atoms with E-state index in [0.717, 1.165) is 0 Å². The van der Waals surface area contributed by atoms with Crippen molar-refractivity contribution in [3.8, 4) is 0 Å². The molecule has 18 heavy (non-hydrogen) atoms. The van der Waals surface area contributed by atoms with Gasteiger partial charge in [-0.05, 0) is 28.1 Å². The van der Waals surface area contributed by atoms with Crippen LogP contribution in [0.4, 0.5) is 5.69 Å². The normalized spacial score (nSPS) is 11.8. The van der Waals surface area contributed by atoms with Gasteiger partial charge in [-0.15, -0.1) is 6.58 Å². The molecule has 1 rings (SSSR count). The molecule has 0 saturated carbocycles. The van der Waals surface area contributed by atoms with Crippen LogP contribution >= 0.6 is 27.5 Å². The molecule has 1 aromatic carbocycles. The number of sulfonamides is 1. The third-order valence-corrected chi connectivity index (χ3v) is 5.67. The number of rotatable bonds is 5. The maximum Gasteiger partial charge on any atom is 0.244 e. The van der Waals surface area contributed by atoms with Gasteiger partial charge in [0.05, 0.1) is 9.37 Å². The van der Waals surface area contributed by atoms with Crippen LogP contribution in [0.2, 0.25) is 5.02 Å². The van der Waals surface area contributed by atoms with E-state index in [1.54, 1.807) is 6.92 Å². The second-order valence-corrected chi connectivity index (χ2v) is 6.69. The maximum absolute atomic E-state index is 12.4. The molecule has 0 spiro atoms. The summed E-state index contributed by atoms with van der Waals surface area (Å²) in [6.45, 7) is 5.87. The lowest BCUT2D eigenvalue weighted by atomic mass is 10.3. The van der Waals surface area contributed by atoms with E-state index in [-0.39, 0.29) is 22.2 Å². The van der Waals surface area contributed by atoms with E-state index in [1.807, 2.05) is 0 Å². The van der Waals surface area contributed by atoms with Crippen molar-refractivity contribution < 1.29 is 8.42 Å². The minimum absolute atomic E-state index is 0.0659. The van der Waals surface area contributed by atoms with Crippen molar-refractivity contribution in [3.63, 3.8) is 0 Å². The minimum Gasteiger partial charge on any atom is -0.398 e. The molecular formula is C11H14BrClN2O2S. The van der Waals surface area contributed by atoms with Gasteiger partial charge in [-0.1, -0.05) is 24.6 Å². The van der Waals surface area contributed by atoms with Gasteiger partial charge in [0, 0.05) is 23.8 Å². The summed E-state index contributed by atoms with van der Waals surface area (Å²) in [6.07, 6.45) is 1.53. The molecule has 0 heterocycles. The van der Waals surface area contributed by atoms with Gasteiger partial charge in [-0.3, -0.25) is 0 Å². The number of nitrogens with two attached hydrogens (primary N) is 1. The van der Waals surface area contributed by atoms with Gasteiger partial charge in [0.2, 0.25) is 10.0 Å². The number of nitrogens with zero attached hydrogens (tertiary/aromatic N) is 1. The fraction of sp³-hybridized carbons (Fsp3) is 0.273. The van der Waals surface area contributed by atoms with Crippen molar-refractivity contribution >= 4 is 43.2 Å². The molecular weight excluding hydrogens is 340 g/mol. The quantitative estimate of drug-likeness (QED) is 0.654. The first kappa shape index (κ1) is 15.5. The van der Waals surface area contributed by atoms with Crippen LogP contribution in [0.15, 0.2) is 34.2 Å². The van der Waals surface area contributed by atoms with Gasteiger partial charge in [0.25, 0.3) is 0 Å². The molecule has 0 amide bonds. The summed E-state index contributed by atoms with van der Waals surface area (Å²) in [6, 6.07) is 2.87. The number of benzene rings is 1. The summed E-state index contributed by atoms with van der Waals surface area (Å²) in [5.74, 6) is 0. The van der Waals surface area contributed by atoms with E-state index < -0.39 is 10.0 Å². The minimum atomic E-state index is -3.64. The number of anilines is 1. The van der Waals surface area contributed by atoms with E-state index in [1.165, 1.54) is 22.5 Å². The van der Waals surface area contributed by atoms with Crippen molar-refractivity contribution in [2.75, 3.05) is 18.8 Å². The SMILES string of the molecule is C=CCN(CC)S(=O)(=O)c1cc(Cl)cc(N)c1Br. The number of halogens is 2. The lowest BCUT2D eigenvalue weighted by Crippen LogP contribution is -2.31. The molecule has 1 aromatic rings. The highest BCUT2D eigenvalue weighted by Crippen LogP contribution is 2.33. The van der Waals surface area contributed by atoms with Gasteiger partial charge < -0.3 is 5.73 Å². The van der Waals surface area contributed by atoms with E-state index in [9.17, 15) is 8.42 Å². The molecule has 0 radical (unpaired) electrons. The predicted octanol–water partition coefficient (Wildman–Crippen LogP) is 2.88. The van der Waals surface area contributed by atoms with Gasteiger partial charge in [-0.2, -0.15) is 4.31 Å². The molecule has 0 saturated heterocycles. The van der Waals surface area contributed by atoms with Crippen LogP contribution < -0.4 is 5.73 Å². The third-order valence-electron chi connectivity index (χ3n) is 2.34. The van der Waals surface area contributed by atoms with Crippen molar-refractivity contribution in [3.05, 3.63) is 34.3 Å². The summed E-state index contributed by atoms with van der Waals surface area (Å²) in [5.41, 5.74) is 5.99. The average Bonchev–Trinajstić information content (AvgIpc) is 2.30. The number of hydrogen-bond acceptors (Lipinski definition) is 3. The molecule has 0 aliphatic heterocycles. The molecule has 0 aromatic heterocycles. The van der Waals surface area contributed by atoms with Gasteiger partial charge in [-0.25, -0.2) is 8.42 Å². The third kappa shape index (κ3) is 3.06. The highest BCUT2D eigenvalue weighted by atomic mass is 79.9. The van der Waals surface area contributed by atoms with Crippen LogP contribution in [-0.2, 0) is 10.0 Å². The second kappa shape index (κ2) is 6.06. The standard InChI is InChI=1S/C11H14BrClN2O2S/c1-3-5-15(4-2)18(16,17)10-7-8(13)6-9(14)11(10)12/h3,6-7H,1,4-5,14H2,2H3. The van der Waals surface area contributed by atoms with Crippen molar-refractivity contribution in [2.24, 2.45) is 0 Å². The Labute approximate surface area is 121 Å². The fourth-order valence-electron chi connectivity index (χ4n) is 1.45. The first-order chi connectivity index (χ1) is 8.34. The van der Waals surface area contributed by atoms with Crippen LogP contribution in [0.1, 0.15) is 6.92 Å². The Hall–Kier alpha value is -0.560. The Kier molecular flexibility index (Phi) is 5.21. The smallest absolute Gasteiger partial charge is 0.244 e. The Balaban J connectivity index is 3.40. The Bertz CT molecular complexity index is 560. The van der Waals surface area contributed by atoms with Crippen molar-refractivity contribution in [1.82, 2.24) is 4.31 Å². The van der Waals surface area contributed by atoms with Crippen LogP contribution in [-0.4, -0.2) is 25.8 Å². The molecule has 2 N–H and O–H groups in total. The van der Waals surface area contributed by atoms with Crippen LogP contribution in [0.3, 0.4) is 0 Å². The molecule has 0 fully saturated rings. The first-order valence-electron chi connectivity index (χ1n) is 5.20. The molecule has 0 bridgehead atoms. The summed E-state index contributed by atoms with van der Waals surface area (Å²) < 4.78 is 26.4. The summed E-state index contributed by atoms with van der Waals surface area (Å²) in [7, 11) is -3.64. The topological polar surface area (TPSA) is 63.4 Å². The molecule has 0 aliphatic rings. The zero-order valence-corrected chi connectivity index (χ0v) is 13.0. The van der Waals surface area contributed by atoms with Gasteiger partial charge in [0.1, 0.15) is 0 Å². The molecule has 4 nitrogen and oxygen atoms in total. The van der Waals surface area contributed by atoms with E-state index in [4.69, 9.17) is 17.3 Å². The van der Waals surface area contributed by atoms with Crippen LogP contribution in [0, 0.1) is 0 Å². The number of nitrogen functional groups attached to an aromatic ring is 1. The first-order valence-corrected chi connectivity index (χ1v) is 7.81. The molecule has 0 atom stereocenters. The van der Waals surface area contributed by atoms with Gasteiger partial charge >= 0.3 is 0 Å². The molecule has 7 heteroatoms. The van der Waals surface area contributed by atoms with Crippen LogP contribution in [0.25, 0.3) is 0 Å². The predicted molar refractivity (Wildman–Crippen MR) is 78.2 cm³/mol. The summed E-state index contributed by atoms with van der Waals surface area (Å²) in [4.78, 5) is 0.0659. The summed E-state index contributed by atoms with van der Waals surface area (Å²) in [5, 5.41) is 0.281. The van der Waals surface area contributed by atoms with Crippen molar-refractivity contribution in [2.45, 2.75) is 11.8 Å². The average molecular weight is 354 g/mol. The van der Waals surface area contributed by atoms with E-state index in [0.29, 0.717) is 11.0 Å². The highest BCUT2D eigenvalue weighted by Gasteiger charge is 2.25. The Morgan fingerprint density at radius 1 is 1.56 bits per heavy atom. The lowest BCUT2D eigenvalue weighted by Gasteiger charge is -2.20. The van der Waals surface area contributed by atoms with Gasteiger partial charge in [0.15, 0.2) is 0 Å². The van der Waals surface area contributed by atoms with Crippen LogP contribution in [0.5, 0.6) is 0 Å². The largest absolute Gasteiger partial charge is 0.398 e. The van der Waals surface area contributed by atoms with Crippen molar-refractivity contribution in [1.29, 1.82) is 0 Å².